The van der Waals surface area contributed by atoms with Gasteiger partial charge in [-0.05, 0) is 20.3 Å². The SMILES string of the molecule is Cc1nc(C)n(CCC(N)C=O)c1N(C)C. The first-order chi connectivity index (χ1) is 7.47. The van der Waals surface area contributed by atoms with Crippen LogP contribution in [0.3, 0.4) is 0 Å². The fourth-order valence-electron chi connectivity index (χ4n) is 1.88. The van der Waals surface area contributed by atoms with Crippen LogP contribution in [0.2, 0.25) is 0 Å². The Morgan fingerprint density at radius 3 is 2.62 bits per heavy atom. The molecule has 1 atom stereocenters. The van der Waals surface area contributed by atoms with Crippen molar-refractivity contribution in [2.75, 3.05) is 19.0 Å². The van der Waals surface area contributed by atoms with E-state index in [0.29, 0.717) is 6.42 Å². The van der Waals surface area contributed by atoms with Gasteiger partial charge in [-0.3, -0.25) is 0 Å². The molecule has 0 spiro atoms. The van der Waals surface area contributed by atoms with Gasteiger partial charge in [0.25, 0.3) is 0 Å². The Kier molecular flexibility index (Phi) is 4.06. The van der Waals surface area contributed by atoms with Gasteiger partial charge in [-0.1, -0.05) is 0 Å². The van der Waals surface area contributed by atoms with Crippen LogP contribution in [0.1, 0.15) is 17.9 Å². The molecule has 2 N–H and O–H groups in total. The number of aldehydes is 1. The lowest BCUT2D eigenvalue weighted by molar-refractivity contribution is -0.109. The molecule has 0 aliphatic rings. The zero-order valence-corrected chi connectivity index (χ0v) is 10.4. The molecule has 1 aromatic rings. The van der Waals surface area contributed by atoms with Gasteiger partial charge in [0, 0.05) is 20.6 Å². The minimum absolute atomic E-state index is 0.392. The molecule has 1 rings (SSSR count). The molecule has 5 nitrogen and oxygen atoms in total. The van der Waals surface area contributed by atoms with E-state index in [1.165, 1.54) is 0 Å². The molecule has 1 unspecified atom stereocenters. The topological polar surface area (TPSA) is 64.2 Å². The Labute approximate surface area is 96.3 Å². The predicted octanol–water partition coefficient (Wildman–Crippen LogP) is 0.482. The van der Waals surface area contributed by atoms with Crippen LogP contribution in [0, 0.1) is 13.8 Å². The molecule has 1 heterocycles. The van der Waals surface area contributed by atoms with E-state index in [4.69, 9.17) is 5.73 Å². The third-order valence-corrected chi connectivity index (χ3v) is 2.58. The van der Waals surface area contributed by atoms with Crippen LogP contribution in [0.15, 0.2) is 0 Å². The number of anilines is 1. The van der Waals surface area contributed by atoms with Gasteiger partial charge in [-0.2, -0.15) is 0 Å². The third kappa shape index (κ3) is 2.61. The fraction of sp³-hybridized carbons (Fsp3) is 0.636. The molecule has 0 aliphatic carbocycles. The van der Waals surface area contributed by atoms with E-state index in [9.17, 15) is 4.79 Å². The zero-order valence-electron chi connectivity index (χ0n) is 10.4. The van der Waals surface area contributed by atoms with E-state index < -0.39 is 6.04 Å². The first-order valence-electron chi connectivity index (χ1n) is 5.39. The van der Waals surface area contributed by atoms with E-state index in [-0.39, 0.29) is 0 Å². The second kappa shape index (κ2) is 5.12. The number of nitrogens with zero attached hydrogens (tertiary/aromatic N) is 3. The Balaban J connectivity index is 2.89. The van der Waals surface area contributed by atoms with E-state index in [1.54, 1.807) is 0 Å². The van der Waals surface area contributed by atoms with E-state index in [0.717, 1.165) is 30.2 Å². The number of imidazole rings is 1. The van der Waals surface area contributed by atoms with Crippen molar-refractivity contribution in [2.45, 2.75) is 32.9 Å². The van der Waals surface area contributed by atoms with Crippen LogP contribution < -0.4 is 10.6 Å². The maximum atomic E-state index is 10.5. The molecule has 0 bridgehead atoms. The summed E-state index contributed by atoms with van der Waals surface area (Å²) in [5.41, 5.74) is 6.59. The lowest BCUT2D eigenvalue weighted by Crippen LogP contribution is -2.24. The maximum Gasteiger partial charge on any atom is 0.136 e. The van der Waals surface area contributed by atoms with Crippen LogP contribution in [-0.2, 0) is 11.3 Å². The average Bonchev–Trinajstić information content (AvgIpc) is 2.49. The predicted molar refractivity (Wildman–Crippen MR) is 64.7 cm³/mol. The van der Waals surface area contributed by atoms with Crippen LogP contribution in [0.5, 0.6) is 0 Å². The minimum Gasteiger partial charge on any atom is -0.363 e. The van der Waals surface area contributed by atoms with Gasteiger partial charge in [0.1, 0.15) is 17.9 Å². The summed E-state index contributed by atoms with van der Waals surface area (Å²) in [5, 5.41) is 0. The van der Waals surface area contributed by atoms with Crippen molar-refractivity contribution in [1.29, 1.82) is 0 Å². The number of aromatic nitrogens is 2. The highest BCUT2D eigenvalue weighted by molar-refractivity contribution is 5.56. The normalized spacial score (nSPS) is 12.6. The van der Waals surface area contributed by atoms with Gasteiger partial charge in [-0.15, -0.1) is 0 Å². The van der Waals surface area contributed by atoms with E-state index >= 15 is 0 Å². The molecule has 16 heavy (non-hydrogen) atoms. The van der Waals surface area contributed by atoms with Crippen molar-refractivity contribution in [2.24, 2.45) is 5.73 Å². The van der Waals surface area contributed by atoms with Crippen molar-refractivity contribution in [1.82, 2.24) is 9.55 Å². The van der Waals surface area contributed by atoms with Crippen LogP contribution in [0.25, 0.3) is 0 Å². The molecule has 0 amide bonds. The molecule has 0 aromatic carbocycles. The Morgan fingerprint density at radius 2 is 2.12 bits per heavy atom. The molecular formula is C11H20N4O. The quantitative estimate of drug-likeness (QED) is 0.739. The Hall–Kier alpha value is -1.36. The summed E-state index contributed by atoms with van der Waals surface area (Å²) in [6.45, 7) is 4.67. The lowest BCUT2D eigenvalue weighted by Gasteiger charge is -2.18. The molecular weight excluding hydrogens is 204 g/mol. The second-order valence-corrected chi connectivity index (χ2v) is 4.20. The smallest absolute Gasteiger partial charge is 0.136 e. The summed E-state index contributed by atoms with van der Waals surface area (Å²) in [6.07, 6.45) is 1.43. The minimum atomic E-state index is -0.392. The second-order valence-electron chi connectivity index (χ2n) is 4.20. The monoisotopic (exact) mass is 224 g/mol. The van der Waals surface area contributed by atoms with Crippen molar-refractivity contribution in [3.63, 3.8) is 0 Å². The highest BCUT2D eigenvalue weighted by Crippen LogP contribution is 2.20. The van der Waals surface area contributed by atoms with Gasteiger partial charge < -0.3 is 20.0 Å². The van der Waals surface area contributed by atoms with Crippen molar-refractivity contribution in [3.05, 3.63) is 11.5 Å². The highest BCUT2D eigenvalue weighted by Gasteiger charge is 2.13. The molecule has 5 heteroatoms. The summed E-state index contributed by atoms with van der Waals surface area (Å²) in [5.74, 6) is 2.04. The van der Waals surface area contributed by atoms with Crippen molar-refractivity contribution < 1.29 is 4.79 Å². The standard InChI is InChI=1S/C11H20N4O/c1-8-11(14(3)4)15(9(2)13-8)6-5-10(12)7-16/h7,10H,5-6,12H2,1-4H3. The number of aryl methyl sites for hydroxylation is 2. The number of carbonyl (C=O) groups is 1. The Morgan fingerprint density at radius 1 is 1.50 bits per heavy atom. The molecule has 1 aromatic heterocycles. The number of hydrogen-bond donors (Lipinski definition) is 1. The first-order valence-corrected chi connectivity index (χ1v) is 5.39. The lowest BCUT2D eigenvalue weighted by atomic mass is 10.2. The molecule has 0 saturated heterocycles. The molecule has 0 aliphatic heterocycles. The van der Waals surface area contributed by atoms with Crippen LogP contribution >= 0.6 is 0 Å². The van der Waals surface area contributed by atoms with E-state index in [1.807, 2.05) is 32.8 Å². The zero-order chi connectivity index (χ0) is 12.3. The van der Waals surface area contributed by atoms with Gasteiger partial charge in [0.05, 0.1) is 11.7 Å². The molecule has 0 fully saturated rings. The summed E-state index contributed by atoms with van der Waals surface area (Å²) in [7, 11) is 3.97. The summed E-state index contributed by atoms with van der Waals surface area (Å²) in [6, 6.07) is -0.392. The Bertz CT molecular complexity index is 370. The van der Waals surface area contributed by atoms with Gasteiger partial charge >= 0.3 is 0 Å². The number of carbonyl (C=O) groups excluding carboxylic acids is 1. The molecule has 0 radical (unpaired) electrons. The molecule has 90 valence electrons. The number of nitrogens with two attached hydrogens (primary N) is 1. The molecule has 0 saturated carbocycles. The fourth-order valence-corrected chi connectivity index (χ4v) is 1.88. The number of rotatable bonds is 5. The third-order valence-electron chi connectivity index (χ3n) is 2.58. The largest absolute Gasteiger partial charge is 0.363 e. The van der Waals surface area contributed by atoms with Gasteiger partial charge in [0.2, 0.25) is 0 Å². The van der Waals surface area contributed by atoms with Gasteiger partial charge in [-0.25, -0.2) is 4.98 Å². The summed E-state index contributed by atoms with van der Waals surface area (Å²) in [4.78, 5) is 16.9. The van der Waals surface area contributed by atoms with E-state index in [2.05, 4.69) is 9.55 Å². The highest BCUT2D eigenvalue weighted by atomic mass is 16.1. The average molecular weight is 224 g/mol. The van der Waals surface area contributed by atoms with Crippen LogP contribution in [0.4, 0.5) is 5.82 Å². The maximum absolute atomic E-state index is 10.5. The van der Waals surface area contributed by atoms with Crippen molar-refractivity contribution >= 4 is 12.1 Å². The number of hydrogen-bond acceptors (Lipinski definition) is 4. The summed E-state index contributed by atoms with van der Waals surface area (Å²) >= 11 is 0. The van der Waals surface area contributed by atoms with Gasteiger partial charge in [0.15, 0.2) is 0 Å². The van der Waals surface area contributed by atoms with Crippen molar-refractivity contribution in [3.8, 4) is 0 Å². The first kappa shape index (κ1) is 12.7. The summed E-state index contributed by atoms with van der Waals surface area (Å²) < 4.78 is 2.10. The van der Waals surface area contributed by atoms with Crippen LogP contribution in [-0.4, -0.2) is 36.0 Å².